The van der Waals surface area contributed by atoms with Gasteiger partial charge in [-0.3, -0.25) is 9.59 Å². The van der Waals surface area contributed by atoms with Gasteiger partial charge in [-0.2, -0.15) is 0 Å². The second-order valence-corrected chi connectivity index (χ2v) is 15.4. The molecule has 3 fully saturated rings. The van der Waals surface area contributed by atoms with Crippen LogP contribution >= 0.6 is 0 Å². The normalized spacial score (nSPS) is 43.3. The highest BCUT2D eigenvalue weighted by Crippen LogP contribution is 2.71. The molecule has 0 aromatic carbocycles. The van der Waals surface area contributed by atoms with E-state index in [2.05, 4.69) is 54.5 Å². The van der Waals surface area contributed by atoms with Gasteiger partial charge in [0.2, 0.25) is 0 Å². The van der Waals surface area contributed by atoms with E-state index in [1.54, 1.807) is 11.1 Å². The maximum atomic E-state index is 12.9. The number of allylic oxidation sites excluding steroid dienone is 4. The molecule has 0 heterocycles. The first kappa shape index (κ1) is 27.2. The summed E-state index contributed by atoms with van der Waals surface area (Å²) in [6, 6.07) is 0. The monoisotopic (exact) mass is 508 g/mol. The highest BCUT2D eigenvalue weighted by Gasteiger charge is 2.63. The van der Waals surface area contributed by atoms with E-state index in [0.717, 1.165) is 32.1 Å². The van der Waals surface area contributed by atoms with Crippen molar-refractivity contribution in [2.24, 2.45) is 51.2 Å². The van der Waals surface area contributed by atoms with E-state index in [9.17, 15) is 14.7 Å². The van der Waals surface area contributed by atoms with Gasteiger partial charge >= 0.3 is 5.97 Å². The molecular formula is C34H52O3. The van der Waals surface area contributed by atoms with Gasteiger partial charge in [0.15, 0.2) is 0 Å². The largest absolute Gasteiger partial charge is 0.481 e. The number of aliphatic carboxylic acids is 1. The maximum absolute atomic E-state index is 12.9. The predicted octanol–water partition coefficient (Wildman–Crippen LogP) is 8.78. The summed E-state index contributed by atoms with van der Waals surface area (Å²) in [5.74, 6) is 1.81. The minimum Gasteiger partial charge on any atom is -0.481 e. The fraction of sp³-hybridized carbons (Fsp3) is 0.824. The van der Waals surface area contributed by atoms with E-state index >= 15 is 0 Å². The third-order valence-corrected chi connectivity index (χ3v) is 13.2. The molecule has 0 bridgehead atoms. The lowest BCUT2D eigenvalue weighted by molar-refractivity contribution is -0.148. The highest BCUT2D eigenvalue weighted by atomic mass is 16.4. The minimum absolute atomic E-state index is 0.112. The Balaban J connectivity index is 1.43. The molecule has 8 atom stereocenters. The van der Waals surface area contributed by atoms with Crippen LogP contribution in [0.2, 0.25) is 0 Å². The molecule has 5 aliphatic carbocycles. The fourth-order valence-electron chi connectivity index (χ4n) is 10.9. The van der Waals surface area contributed by atoms with Crippen molar-refractivity contribution in [1.29, 1.82) is 0 Å². The SMILES string of the molecule is CC(C)=CCCC(C(=O)O)[C@@H]1CC[C@]2(C)CC3C4=C(CCC3C[C@@]12C)[C@@]1(C)CCC(=O)C(C)(C)C1CC4. The van der Waals surface area contributed by atoms with Crippen molar-refractivity contribution >= 4 is 11.8 Å². The quantitative estimate of drug-likeness (QED) is 0.378. The molecule has 0 amide bonds. The van der Waals surface area contributed by atoms with Gasteiger partial charge in [-0.25, -0.2) is 0 Å². The molecule has 3 saturated carbocycles. The number of ketones is 1. The number of rotatable bonds is 5. The molecule has 0 aromatic heterocycles. The lowest BCUT2D eigenvalue weighted by Gasteiger charge is -2.61. The summed E-state index contributed by atoms with van der Waals surface area (Å²) in [6.07, 6.45) is 15.1. The molecule has 0 spiro atoms. The minimum atomic E-state index is -0.575. The molecule has 37 heavy (non-hydrogen) atoms. The van der Waals surface area contributed by atoms with Crippen molar-refractivity contribution in [1.82, 2.24) is 0 Å². The lowest BCUT2D eigenvalue weighted by Crippen LogP contribution is -2.53. The molecule has 5 aliphatic rings. The van der Waals surface area contributed by atoms with Crippen LogP contribution in [0.15, 0.2) is 22.8 Å². The summed E-state index contributed by atoms with van der Waals surface area (Å²) in [5.41, 5.74) is 5.14. The van der Waals surface area contributed by atoms with Crippen molar-refractivity contribution in [2.75, 3.05) is 0 Å². The molecule has 0 radical (unpaired) electrons. The molecule has 3 nitrogen and oxygen atoms in total. The second-order valence-electron chi connectivity index (χ2n) is 15.4. The van der Waals surface area contributed by atoms with Crippen LogP contribution in [0.3, 0.4) is 0 Å². The Morgan fingerprint density at radius 3 is 2.41 bits per heavy atom. The Hall–Kier alpha value is -1.38. The molecule has 1 N–H and O–H groups in total. The fourth-order valence-corrected chi connectivity index (χ4v) is 10.9. The predicted molar refractivity (Wildman–Crippen MR) is 150 cm³/mol. The molecule has 206 valence electrons. The van der Waals surface area contributed by atoms with Crippen LogP contribution in [0.25, 0.3) is 0 Å². The van der Waals surface area contributed by atoms with Crippen LogP contribution in [0, 0.1) is 51.2 Å². The molecule has 4 unspecified atom stereocenters. The van der Waals surface area contributed by atoms with Gasteiger partial charge in [0.1, 0.15) is 5.78 Å². The number of hydrogen-bond donors (Lipinski definition) is 1. The third kappa shape index (κ3) is 4.03. The Kier molecular flexibility index (Phi) is 6.68. The van der Waals surface area contributed by atoms with Crippen molar-refractivity contribution < 1.29 is 14.7 Å². The Morgan fingerprint density at radius 1 is 1.00 bits per heavy atom. The number of carbonyl (C=O) groups excluding carboxylic acids is 1. The number of carboxylic acids is 1. The maximum Gasteiger partial charge on any atom is 0.306 e. The topological polar surface area (TPSA) is 54.4 Å². The first-order chi connectivity index (χ1) is 17.2. The van der Waals surface area contributed by atoms with Gasteiger partial charge in [0.25, 0.3) is 0 Å². The lowest BCUT2D eigenvalue weighted by atomic mass is 9.43. The zero-order valence-electron chi connectivity index (χ0n) is 24.7. The Labute approximate surface area is 225 Å². The van der Waals surface area contributed by atoms with Crippen molar-refractivity contribution in [2.45, 2.75) is 126 Å². The first-order valence-electron chi connectivity index (χ1n) is 15.4. The van der Waals surface area contributed by atoms with Gasteiger partial charge in [0.05, 0.1) is 5.92 Å². The van der Waals surface area contributed by atoms with Crippen molar-refractivity contribution in [3.05, 3.63) is 22.8 Å². The number of carboxylic acid groups (broad SMARTS) is 1. The van der Waals surface area contributed by atoms with Crippen molar-refractivity contribution in [3.8, 4) is 0 Å². The van der Waals surface area contributed by atoms with Crippen LogP contribution in [0.5, 0.6) is 0 Å². The zero-order valence-corrected chi connectivity index (χ0v) is 24.7. The van der Waals surface area contributed by atoms with Gasteiger partial charge < -0.3 is 5.11 Å². The van der Waals surface area contributed by atoms with E-state index in [0.29, 0.717) is 23.5 Å². The molecule has 3 heteroatoms. The zero-order chi connectivity index (χ0) is 27.0. The van der Waals surface area contributed by atoms with Crippen LogP contribution in [0.4, 0.5) is 0 Å². The molecule has 0 aliphatic heterocycles. The summed E-state index contributed by atoms with van der Waals surface area (Å²) < 4.78 is 0. The summed E-state index contributed by atoms with van der Waals surface area (Å²) >= 11 is 0. The van der Waals surface area contributed by atoms with Crippen LogP contribution in [-0.2, 0) is 9.59 Å². The van der Waals surface area contributed by atoms with Gasteiger partial charge in [-0.05, 0) is 124 Å². The van der Waals surface area contributed by atoms with E-state index < -0.39 is 5.97 Å². The molecular weight excluding hydrogens is 456 g/mol. The van der Waals surface area contributed by atoms with Crippen LogP contribution in [-0.4, -0.2) is 16.9 Å². The Bertz CT molecular complexity index is 1030. The van der Waals surface area contributed by atoms with E-state index in [-0.39, 0.29) is 33.5 Å². The van der Waals surface area contributed by atoms with Crippen molar-refractivity contribution in [3.63, 3.8) is 0 Å². The molecule has 5 rings (SSSR count). The van der Waals surface area contributed by atoms with Gasteiger partial charge in [-0.1, -0.05) is 57.4 Å². The second kappa shape index (κ2) is 9.09. The first-order valence-corrected chi connectivity index (χ1v) is 15.4. The summed E-state index contributed by atoms with van der Waals surface area (Å²) in [4.78, 5) is 25.4. The number of Topliss-reactive ketones (excluding diaryl/α,β-unsaturated/α-hetero) is 1. The summed E-state index contributed by atoms with van der Waals surface area (Å²) in [7, 11) is 0. The Morgan fingerprint density at radius 2 is 1.73 bits per heavy atom. The average molecular weight is 509 g/mol. The standard InChI is InChI=1S/C34H52O3/c1-21(2)9-8-10-24(30(36)37)27-15-17-32(5)20-25-22(19-34(27,32)7)11-13-26-23(25)12-14-28-31(3,4)29(35)16-18-33(26,28)6/h9,22,24-25,27-28H,8,10-20H2,1-7H3,(H,36,37)/t22?,24?,25?,27-,28?,32+,33+,34-/m0/s1. The number of fused-ring (bicyclic) bond motifs is 5. The molecule has 0 saturated heterocycles. The third-order valence-electron chi connectivity index (χ3n) is 13.2. The smallest absolute Gasteiger partial charge is 0.306 e. The van der Waals surface area contributed by atoms with Crippen LogP contribution < -0.4 is 0 Å². The molecule has 0 aromatic rings. The van der Waals surface area contributed by atoms with E-state index in [4.69, 9.17) is 0 Å². The van der Waals surface area contributed by atoms with Gasteiger partial charge in [0, 0.05) is 11.8 Å². The van der Waals surface area contributed by atoms with Gasteiger partial charge in [-0.15, -0.1) is 0 Å². The highest BCUT2D eigenvalue weighted by molar-refractivity contribution is 5.85. The number of carbonyl (C=O) groups is 2. The van der Waals surface area contributed by atoms with Crippen LogP contribution in [0.1, 0.15) is 126 Å². The summed E-state index contributed by atoms with van der Waals surface area (Å²) in [5, 5.41) is 10.3. The summed E-state index contributed by atoms with van der Waals surface area (Å²) in [6.45, 7) is 16.2. The van der Waals surface area contributed by atoms with E-state index in [1.807, 2.05) is 0 Å². The van der Waals surface area contributed by atoms with E-state index in [1.165, 1.54) is 50.5 Å². The number of hydrogen-bond acceptors (Lipinski definition) is 2. The average Bonchev–Trinajstić information content (AvgIpc) is 3.07.